The lowest BCUT2D eigenvalue weighted by atomic mass is 9.97. The standard InChI is InChI=1S/C27H32N4O4/c1-4-19-7-10-22(11-8-19)31-26(32)14-13-25(29-31)30-15-5-6-21(18-30)27(33)28-17-20-9-12-23(34-2)24(16-20)35-3/h7-14,16,21H,4-6,15,17-18H2,1-3H3,(H,28,33). The van der Waals surface area contributed by atoms with Gasteiger partial charge in [0, 0.05) is 25.7 Å². The van der Waals surface area contributed by atoms with Crippen molar-refractivity contribution in [2.75, 3.05) is 32.2 Å². The Morgan fingerprint density at radius 1 is 1.03 bits per heavy atom. The van der Waals surface area contributed by atoms with E-state index in [0.717, 1.165) is 37.1 Å². The highest BCUT2D eigenvalue weighted by Crippen LogP contribution is 2.27. The number of carbonyl (C=O) groups is 1. The van der Waals surface area contributed by atoms with Crippen molar-refractivity contribution < 1.29 is 14.3 Å². The minimum atomic E-state index is -0.181. The van der Waals surface area contributed by atoms with Gasteiger partial charge in [-0.15, -0.1) is 5.10 Å². The molecule has 0 spiro atoms. The first-order chi connectivity index (χ1) is 17.0. The number of nitrogens with one attached hydrogen (secondary N) is 1. The summed E-state index contributed by atoms with van der Waals surface area (Å²) in [5.74, 6) is 1.83. The van der Waals surface area contributed by atoms with Crippen LogP contribution in [0.15, 0.2) is 59.4 Å². The number of ether oxygens (including phenoxy) is 2. The molecule has 1 amide bonds. The molecule has 1 N–H and O–H groups in total. The minimum Gasteiger partial charge on any atom is -0.493 e. The van der Waals surface area contributed by atoms with Gasteiger partial charge >= 0.3 is 0 Å². The number of carbonyl (C=O) groups excluding carboxylic acids is 1. The maximum atomic E-state index is 13.0. The average molecular weight is 477 g/mol. The van der Waals surface area contributed by atoms with Gasteiger partial charge in [0.15, 0.2) is 11.5 Å². The first kappa shape index (κ1) is 24.3. The number of rotatable bonds is 8. The maximum Gasteiger partial charge on any atom is 0.271 e. The highest BCUT2D eigenvalue weighted by molar-refractivity contribution is 5.79. The summed E-state index contributed by atoms with van der Waals surface area (Å²) < 4.78 is 12.1. The second kappa shape index (κ2) is 11.1. The Balaban J connectivity index is 1.43. The van der Waals surface area contributed by atoms with Crippen molar-refractivity contribution in [2.45, 2.75) is 32.7 Å². The second-order valence-corrected chi connectivity index (χ2v) is 8.65. The maximum absolute atomic E-state index is 13.0. The number of amides is 1. The van der Waals surface area contributed by atoms with E-state index in [4.69, 9.17) is 9.47 Å². The van der Waals surface area contributed by atoms with Crippen LogP contribution in [0.4, 0.5) is 5.82 Å². The molecule has 8 heteroatoms. The van der Waals surface area contributed by atoms with Crippen molar-refractivity contribution in [1.82, 2.24) is 15.1 Å². The molecular formula is C27H32N4O4. The van der Waals surface area contributed by atoms with Crippen LogP contribution in [-0.2, 0) is 17.8 Å². The predicted molar refractivity (Wildman–Crippen MR) is 136 cm³/mol. The number of aromatic nitrogens is 2. The Morgan fingerprint density at radius 3 is 2.49 bits per heavy atom. The van der Waals surface area contributed by atoms with Crippen molar-refractivity contribution in [1.29, 1.82) is 0 Å². The lowest BCUT2D eigenvalue weighted by Gasteiger charge is -2.33. The van der Waals surface area contributed by atoms with Crippen molar-refractivity contribution in [3.63, 3.8) is 0 Å². The highest BCUT2D eigenvalue weighted by atomic mass is 16.5. The van der Waals surface area contributed by atoms with E-state index in [1.54, 1.807) is 20.3 Å². The van der Waals surface area contributed by atoms with Gasteiger partial charge in [0.1, 0.15) is 5.82 Å². The van der Waals surface area contributed by atoms with Crippen LogP contribution in [0.3, 0.4) is 0 Å². The zero-order chi connectivity index (χ0) is 24.8. The Bertz CT molecular complexity index is 1220. The van der Waals surface area contributed by atoms with Crippen LogP contribution in [0.1, 0.15) is 30.9 Å². The van der Waals surface area contributed by atoms with Crippen molar-refractivity contribution in [2.24, 2.45) is 5.92 Å². The zero-order valence-electron chi connectivity index (χ0n) is 20.5. The monoisotopic (exact) mass is 476 g/mol. The summed E-state index contributed by atoms with van der Waals surface area (Å²) in [7, 11) is 3.19. The normalized spacial score (nSPS) is 15.5. The molecule has 1 fully saturated rings. The molecular weight excluding hydrogens is 444 g/mol. The summed E-state index contributed by atoms with van der Waals surface area (Å²) in [6, 6.07) is 16.7. The molecule has 1 unspecified atom stereocenters. The van der Waals surface area contributed by atoms with Gasteiger partial charge in [-0.2, -0.15) is 4.68 Å². The first-order valence-electron chi connectivity index (χ1n) is 12.0. The van der Waals surface area contributed by atoms with E-state index in [1.165, 1.54) is 16.3 Å². The number of aryl methyl sites for hydroxylation is 1. The van der Waals surface area contributed by atoms with Crippen LogP contribution in [0, 0.1) is 5.92 Å². The average Bonchev–Trinajstić information content (AvgIpc) is 2.92. The van der Waals surface area contributed by atoms with Gasteiger partial charge in [-0.05, 0) is 60.7 Å². The lowest BCUT2D eigenvalue weighted by molar-refractivity contribution is -0.125. The third-order valence-corrected chi connectivity index (χ3v) is 6.41. The molecule has 184 valence electrons. The quantitative estimate of drug-likeness (QED) is 0.537. The fourth-order valence-electron chi connectivity index (χ4n) is 4.35. The van der Waals surface area contributed by atoms with E-state index < -0.39 is 0 Å². The van der Waals surface area contributed by atoms with Gasteiger partial charge in [0.25, 0.3) is 5.56 Å². The number of benzene rings is 2. The Morgan fingerprint density at radius 2 is 1.77 bits per heavy atom. The van der Waals surface area contributed by atoms with Gasteiger partial charge in [0.05, 0.1) is 25.8 Å². The molecule has 0 aliphatic carbocycles. The van der Waals surface area contributed by atoms with Gasteiger partial charge in [-0.1, -0.05) is 25.1 Å². The van der Waals surface area contributed by atoms with Crippen LogP contribution < -0.4 is 25.2 Å². The number of hydrogen-bond acceptors (Lipinski definition) is 6. The molecule has 1 aromatic heterocycles. The molecule has 8 nitrogen and oxygen atoms in total. The van der Waals surface area contributed by atoms with Crippen LogP contribution in [-0.4, -0.2) is 43.0 Å². The summed E-state index contributed by atoms with van der Waals surface area (Å²) >= 11 is 0. The molecule has 0 saturated carbocycles. The highest BCUT2D eigenvalue weighted by Gasteiger charge is 2.27. The largest absolute Gasteiger partial charge is 0.493 e. The van der Waals surface area contributed by atoms with E-state index in [2.05, 4.69) is 22.2 Å². The number of anilines is 1. The third kappa shape index (κ3) is 5.65. The van der Waals surface area contributed by atoms with E-state index in [9.17, 15) is 9.59 Å². The van der Waals surface area contributed by atoms with E-state index in [1.807, 2.05) is 42.5 Å². The zero-order valence-corrected chi connectivity index (χ0v) is 20.5. The molecule has 3 aromatic rings. The van der Waals surface area contributed by atoms with E-state index in [-0.39, 0.29) is 17.4 Å². The number of piperidine rings is 1. The van der Waals surface area contributed by atoms with Crippen LogP contribution in [0.25, 0.3) is 5.69 Å². The van der Waals surface area contributed by atoms with Gasteiger partial charge in [0.2, 0.25) is 5.91 Å². The van der Waals surface area contributed by atoms with E-state index >= 15 is 0 Å². The Labute approximate surface area is 205 Å². The summed E-state index contributed by atoms with van der Waals surface area (Å²) in [4.78, 5) is 27.5. The lowest BCUT2D eigenvalue weighted by Crippen LogP contribution is -2.43. The van der Waals surface area contributed by atoms with E-state index in [0.29, 0.717) is 30.4 Å². The molecule has 1 aliphatic heterocycles. The van der Waals surface area contributed by atoms with Crippen molar-refractivity contribution >= 4 is 11.7 Å². The molecule has 1 atom stereocenters. The number of hydrogen-bond donors (Lipinski definition) is 1. The number of methoxy groups -OCH3 is 2. The summed E-state index contributed by atoms with van der Waals surface area (Å²) in [5.41, 5.74) is 2.69. The van der Waals surface area contributed by atoms with Crippen LogP contribution in [0.2, 0.25) is 0 Å². The van der Waals surface area contributed by atoms with Crippen molar-refractivity contribution in [3.8, 4) is 17.2 Å². The van der Waals surface area contributed by atoms with Gasteiger partial charge in [-0.3, -0.25) is 9.59 Å². The first-order valence-corrected chi connectivity index (χ1v) is 12.0. The molecule has 1 aliphatic rings. The van der Waals surface area contributed by atoms with Crippen molar-refractivity contribution in [3.05, 3.63) is 76.1 Å². The summed E-state index contributed by atoms with van der Waals surface area (Å²) in [6.45, 7) is 3.85. The Hall–Kier alpha value is -3.81. The number of nitrogens with zero attached hydrogens (tertiary/aromatic N) is 3. The SMILES string of the molecule is CCc1ccc(-n2nc(N3CCCC(C(=O)NCc4ccc(OC)c(OC)c4)C3)ccc2=O)cc1. The molecule has 0 radical (unpaired) electrons. The molecule has 2 aromatic carbocycles. The van der Waals surface area contributed by atoms with Crippen LogP contribution in [0.5, 0.6) is 11.5 Å². The molecule has 0 bridgehead atoms. The van der Waals surface area contributed by atoms with Crippen LogP contribution >= 0.6 is 0 Å². The summed E-state index contributed by atoms with van der Waals surface area (Å²) in [6.07, 6.45) is 2.62. The Kier molecular flexibility index (Phi) is 7.70. The van der Waals surface area contributed by atoms with Gasteiger partial charge in [-0.25, -0.2) is 0 Å². The fourth-order valence-corrected chi connectivity index (χ4v) is 4.35. The summed E-state index contributed by atoms with van der Waals surface area (Å²) in [5, 5.41) is 7.67. The fraction of sp³-hybridized carbons (Fsp3) is 0.370. The molecule has 4 rings (SSSR count). The smallest absolute Gasteiger partial charge is 0.271 e. The predicted octanol–water partition coefficient (Wildman–Crippen LogP) is 3.34. The minimum absolute atomic E-state index is 0.00737. The molecule has 2 heterocycles. The molecule has 1 saturated heterocycles. The second-order valence-electron chi connectivity index (χ2n) is 8.65. The topological polar surface area (TPSA) is 85.7 Å². The molecule has 35 heavy (non-hydrogen) atoms. The third-order valence-electron chi connectivity index (χ3n) is 6.41. The van der Waals surface area contributed by atoms with Gasteiger partial charge < -0.3 is 19.7 Å².